The second-order valence-electron chi connectivity index (χ2n) is 27.1. The summed E-state index contributed by atoms with van der Waals surface area (Å²) in [6.45, 7) is 4.31. The minimum atomic E-state index is -1.57. The van der Waals surface area contributed by atoms with E-state index in [4.69, 9.17) is 14.2 Å². The maximum absolute atomic E-state index is 13.0. The minimum Gasteiger partial charge on any atom is -0.466 e. The molecule has 0 aromatic rings. The fourth-order valence-electron chi connectivity index (χ4n) is 12.2. The highest BCUT2D eigenvalue weighted by Crippen LogP contribution is 2.24. The van der Waals surface area contributed by atoms with Crippen LogP contribution in [-0.4, -0.2) is 100 Å². The molecule has 7 atom stereocenters. The third-order valence-corrected chi connectivity index (χ3v) is 18.3. The summed E-state index contributed by atoms with van der Waals surface area (Å²) in [5, 5.41) is 54.4. The molecule has 0 saturated carbocycles. The predicted octanol–water partition coefficient (Wildman–Crippen LogP) is 20.9. The van der Waals surface area contributed by atoms with Crippen LogP contribution >= 0.6 is 0 Å². The van der Waals surface area contributed by atoms with Gasteiger partial charge in [0.1, 0.15) is 24.4 Å². The van der Waals surface area contributed by atoms with E-state index in [9.17, 15) is 35.1 Å². The zero-order valence-electron chi connectivity index (χ0n) is 59.3. The molecule has 0 bridgehead atoms. The molecule has 1 rings (SSSR count). The van der Waals surface area contributed by atoms with E-state index >= 15 is 0 Å². The van der Waals surface area contributed by atoms with Crippen molar-refractivity contribution in [2.75, 3.05) is 19.8 Å². The molecule has 1 saturated heterocycles. The van der Waals surface area contributed by atoms with Crippen LogP contribution in [0.5, 0.6) is 0 Å². The van der Waals surface area contributed by atoms with Crippen LogP contribution in [0.1, 0.15) is 373 Å². The van der Waals surface area contributed by atoms with Crippen molar-refractivity contribution >= 4 is 11.9 Å². The van der Waals surface area contributed by atoms with Gasteiger partial charge < -0.3 is 45.1 Å². The van der Waals surface area contributed by atoms with Gasteiger partial charge in [-0.1, -0.05) is 331 Å². The lowest BCUT2D eigenvalue weighted by atomic mass is 9.99. The Labute approximate surface area is 560 Å². The van der Waals surface area contributed by atoms with Crippen molar-refractivity contribution in [3.8, 4) is 0 Å². The Morgan fingerprint density at radius 3 is 1.14 bits per heavy atom. The minimum absolute atomic E-state index is 0.000145. The summed E-state index contributed by atoms with van der Waals surface area (Å²) in [5.41, 5.74) is 0. The smallest absolute Gasteiger partial charge is 0.305 e. The van der Waals surface area contributed by atoms with Crippen LogP contribution in [-0.2, 0) is 23.8 Å². The highest BCUT2D eigenvalue weighted by atomic mass is 16.7. The van der Waals surface area contributed by atoms with Crippen LogP contribution in [0.2, 0.25) is 0 Å². The summed E-state index contributed by atoms with van der Waals surface area (Å²) in [6, 6.07) is -0.807. The summed E-state index contributed by atoms with van der Waals surface area (Å²) >= 11 is 0. The Bertz CT molecular complexity index is 1700. The molecule has 11 heteroatoms. The molecular formula is C80H147NO10. The third kappa shape index (κ3) is 57.3. The van der Waals surface area contributed by atoms with Crippen molar-refractivity contribution in [2.24, 2.45) is 0 Å². The lowest BCUT2D eigenvalue weighted by molar-refractivity contribution is -0.302. The Hall–Kier alpha value is -2.64. The van der Waals surface area contributed by atoms with E-state index in [1.165, 1.54) is 276 Å². The maximum Gasteiger partial charge on any atom is 0.305 e. The molecule has 532 valence electrons. The summed E-state index contributed by atoms with van der Waals surface area (Å²) in [4.78, 5) is 25.1. The number of hydrogen-bond donors (Lipinski definition) is 6. The number of hydrogen-bond acceptors (Lipinski definition) is 10. The number of nitrogens with one attached hydrogen (secondary N) is 1. The van der Waals surface area contributed by atoms with Gasteiger partial charge in [0.2, 0.25) is 5.91 Å². The molecule has 1 aliphatic heterocycles. The van der Waals surface area contributed by atoms with Gasteiger partial charge in [-0.05, 0) is 89.9 Å². The molecule has 0 radical (unpaired) electrons. The fourth-order valence-corrected chi connectivity index (χ4v) is 12.2. The number of unbranched alkanes of at least 4 members (excludes halogenated alkanes) is 47. The van der Waals surface area contributed by atoms with Crippen LogP contribution in [0.3, 0.4) is 0 Å². The highest BCUT2D eigenvalue weighted by molar-refractivity contribution is 5.76. The molecule has 11 nitrogen and oxygen atoms in total. The molecule has 91 heavy (non-hydrogen) atoms. The molecule has 0 aromatic heterocycles. The number of esters is 1. The lowest BCUT2D eigenvalue weighted by Gasteiger charge is -2.40. The first-order valence-electron chi connectivity index (χ1n) is 39.1. The van der Waals surface area contributed by atoms with E-state index in [-0.39, 0.29) is 18.5 Å². The zero-order chi connectivity index (χ0) is 65.8. The molecule has 7 unspecified atom stereocenters. The van der Waals surface area contributed by atoms with Gasteiger partial charge >= 0.3 is 5.97 Å². The van der Waals surface area contributed by atoms with Crippen LogP contribution in [0.15, 0.2) is 60.8 Å². The fraction of sp³-hybridized carbons (Fsp3) is 0.850. The van der Waals surface area contributed by atoms with E-state index in [1.54, 1.807) is 6.08 Å². The van der Waals surface area contributed by atoms with E-state index in [1.807, 2.05) is 6.08 Å². The van der Waals surface area contributed by atoms with E-state index in [0.717, 1.165) is 70.6 Å². The number of ether oxygens (including phenoxy) is 3. The number of rotatable bonds is 69. The number of carbonyl (C=O) groups excluding carboxylic acids is 2. The average molecular weight is 1280 g/mol. The molecular weight excluding hydrogens is 1130 g/mol. The van der Waals surface area contributed by atoms with Gasteiger partial charge in [-0.15, -0.1) is 0 Å². The first-order chi connectivity index (χ1) is 44.7. The van der Waals surface area contributed by atoms with Gasteiger partial charge in [-0.25, -0.2) is 0 Å². The summed E-state index contributed by atoms with van der Waals surface area (Å²) in [5.74, 6) is -0.179. The SMILES string of the molecule is CCCC/C=C\C/C=C\CCCCCCCC(=O)OCCCCCCCCCCCCCCCCC/C=C\C/C=C\CCCCCCCCCCCCCCCCCCCC(=O)NC(COC1OC(CO)C(O)C(O)C1O)C(O)/C=C/CCCCCCCCCC. The van der Waals surface area contributed by atoms with Gasteiger partial charge in [0.05, 0.1) is 32.0 Å². The number of aliphatic hydroxyl groups excluding tert-OH is 5. The molecule has 1 aliphatic rings. The van der Waals surface area contributed by atoms with Crippen molar-refractivity contribution in [1.29, 1.82) is 0 Å². The Kier molecular flexibility index (Phi) is 65.2. The monoisotopic (exact) mass is 1280 g/mol. The zero-order valence-corrected chi connectivity index (χ0v) is 59.3. The van der Waals surface area contributed by atoms with Crippen molar-refractivity contribution in [2.45, 2.75) is 416 Å². The standard InChI is InChI=1S/C80H147NO10/c1-3-5-7-9-11-13-15-16-45-48-52-56-60-64-68-76(85)89-69-65-61-57-53-49-46-43-41-39-37-35-33-31-29-27-25-23-21-19-17-18-20-22-24-26-28-30-32-34-36-38-40-42-44-47-51-55-59-63-67-75(84)81-72(71-90-80-79(88)78(87)77(86)74(70-82)91-80)73(83)66-62-58-54-50-14-12-10-8-6-4-2/h9,11,15-18,21,23,62,66,72-74,77-80,82-83,86-88H,3-8,10,12-14,19-20,22,24-61,63-65,67-71H2,1-2H3,(H,81,84)/b11-9-,16-15-,18-17-,23-21-,66-62+. The van der Waals surface area contributed by atoms with E-state index in [0.29, 0.717) is 19.4 Å². The molecule has 0 aliphatic carbocycles. The third-order valence-electron chi connectivity index (χ3n) is 18.3. The van der Waals surface area contributed by atoms with Crippen LogP contribution in [0.25, 0.3) is 0 Å². The Balaban J connectivity index is 1.88. The Morgan fingerprint density at radius 2 is 0.747 bits per heavy atom. The van der Waals surface area contributed by atoms with Gasteiger partial charge in [-0.2, -0.15) is 0 Å². The number of aliphatic hydroxyl groups is 5. The first kappa shape index (κ1) is 86.4. The topological polar surface area (TPSA) is 175 Å². The summed E-state index contributed by atoms with van der Waals surface area (Å²) < 4.78 is 16.7. The largest absolute Gasteiger partial charge is 0.466 e. The number of allylic oxidation sites excluding steroid dienone is 9. The van der Waals surface area contributed by atoms with Gasteiger partial charge in [0.25, 0.3) is 0 Å². The van der Waals surface area contributed by atoms with Crippen molar-refractivity contribution in [3.05, 3.63) is 60.8 Å². The average Bonchev–Trinajstić information content (AvgIpc) is 1.14. The van der Waals surface area contributed by atoms with Gasteiger partial charge in [0.15, 0.2) is 6.29 Å². The molecule has 0 aromatic carbocycles. The number of carbonyl (C=O) groups is 2. The summed E-state index contributed by atoms with van der Waals surface area (Å²) in [7, 11) is 0. The summed E-state index contributed by atoms with van der Waals surface area (Å²) in [6.07, 6.45) is 82.6. The van der Waals surface area contributed by atoms with Gasteiger partial charge in [0, 0.05) is 12.8 Å². The second-order valence-corrected chi connectivity index (χ2v) is 27.1. The van der Waals surface area contributed by atoms with Crippen molar-refractivity contribution in [1.82, 2.24) is 5.32 Å². The van der Waals surface area contributed by atoms with Crippen molar-refractivity contribution in [3.63, 3.8) is 0 Å². The highest BCUT2D eigenvalue weighted by Gasteiger charge is 2.44. The first-order valence-corrected chi connectivity index (χ1v) is 39.1. The van der Waals surface area contributed by atoms with Crippen molar-refractivity contribution < 1.29 is 49.3 Å². The molecule has 6 N–H and O–H groups in total. The predicted molar refractivity (Wildman–Crippen MR) is 384 cm³/mol. The molecule has 1 fully saturated rings. The normalized spacial score (nSPS) is 17.9. The van der Waals surface area contributed by atoms with E-state index < -0.39 is 49.5 Å². The molecule has 1 amide bonds. The Morgan fingerprint density at radius 1 is 0.407 bits per heavy atom. The van der Waals surface area contributed by atoms with Gasteiger partial charge in [-0.3, -0.25) is 9.59 Å². The van der Waals surface area contributed by atoms with Crippen LogP contribution in [0, 0.1) is 0 Å². The second kappa shape index (κ2) is 68.7. The van der Waals surface area contributed by atoms with E-state index in [2.05, 4.69) is 67.8 Å². The van der Waals surface area contributed by atoms with Crippen LogP contribution < -0.4 is 5.32 Å². The molecule has 0 spiro atoms. The molecule has 1 heterocycles. The number of amides is 1. The lowest BCUT2D eigenvalue weighted by Crippen LogP contribution is -2.60. The quantitative estimate of drug-likeness (QED) is 0.0195. The maximum atomic E-state index is 13.0. The van der Waals surface area contributed by atoms with Crippen LogP contribution in [0.4, 0.5) is 0 Å².